The van der Waals surface area contributed by atoms with Crippen LogP contribution in [0.4, 0.5) is 0 Å². The number of aliphatic hydroxyl groups is 1. The highest BCUT2D eigenvalue weighted by Crippen LogP contribution is 2.22. The minimum Gasteiger partial charge on any atom is -0.390 e. The molecule has 1 aromatic carbocycles. The lowest BCUT2D eigenvalue weighted by Crippen LogP contribution is -2.45. The van der Waals surface area contributed by atoms with Crippen molar-refractivity contribution in [3.05, 3.63) is 46.4 Å². The Morgan fingerprint density at radius 2 is 1.95 bits per heavy atom. The third-order valence-electron chi connectivity index (χ3n) is 4.11. The van der Waals surface area contributed by atoms with Crippen LogP contribution in [0, 0.1) is 0 Å². The van der Waals surface area contributed by atoms with Crippen LogP contribution < -0.4 is 5.56 Å². The molecule has 1 amide bonds. The summed E-state index contributed by atoms with van der Waals surface area (Å²) in [6.07, 6.45) is 1.10. The summed E-state index contributed by atoms with van der Waals surface area (Å²) in [6.45, 7) is 2.79. The maximum absolute atomic E-state index is 12.5. The standard InChI is InChI=1S/C16H18N2O3/c1-16(21)6-8-18(9-7-16)15(20)13-10-11-4-2-3-5-12(11)14(19)17-13/h2-5,10,21H,6-9H2,1H3,(H,17,19). The minimum atomic E-state index is -0.701. The molecule has 2 heterocycles. The van der Waals surface area contributed by atoms with Crippen molar-refractivity contribution in [2.24, 2.45) is 0 Å². The van der Waals surface area contributed by atoms with E-state index in [1.54, 1.807) is 30.0 Å². The van der Waals surface area contributed by atoms with Crippen LogP contribution >= 0.6 is 0 Å². The van der Waals surface area contributed by atoms with Crippen LogP contribution in [0.1, 0.15) is 30.3 Å². The van der Waals surface area contributed by atoms with Gasteiger partial charge in [0.2, 0.25) is 0 Å². The van der Waals surface area contributed by atoms with Crippen LogP contribution in [0.15, 0.2) is 35.1 Å². The number of hydrogen-bond acceptors (Lipinski definition) is 3. The zero-order valence-electron chi connectivity index (χ0n) is 11.9. The zero-order chi connectivity index (χ0) is 15.0. The maximum Gasteiger partial charge on any atom is 0.270 e. The molecule has 1 saturated heterocycles. The highest BCUT2D eigenvalue weighted by Gasteiger charge is 2.30. The molecule has 0 bridgehead atoms. The fraction of sp³-hybridized carbons (Fsp3) is 0.375. The Labute approximate surface area is 122 Å². The van der Waals surface area contributed by atoms with Crippen molar-refractivity contribution >= 4 is 16.7 Å². The average molecular weight is 286 g/mol. The molecule has 2 aromatic rings. The number of rotatable bonds is 1. The Morgan fingerprint density at radius 3 is 2.67 bits per heavy atom. The second-order valence-electron chi connectivity index (χ2n) is 5.89. The van der Waals surface area contributed by atoms with Gasteiger partial charge in [-0.2, -0.15) is 0 Å². The van der Waals surface area contributed by atoms with Crippen LogP contribution in [-0.2, 0) is 0 Å². The molecule has 21 heavy (non-hydrogen) atoms. The fourth-order valence-electron chi connectivity index (χ4n) is 2.69. The summed E-state index contributed by atoms with van der Waals surface area (Å²) in [4.78, 5) is 28.8. The summed E-state index contributed by atoms with van der Waals surface area (Å²) in [5.41, 5.74) is -0.645. The smallest absolute Gasteiger partial charge is 0.270 e. The zero-order valence-corrected chi connectivity index (χ0v) is 11.9. The van der Waals surface area contributed by atoms with Gasteiger partial charge in [0.15, 0.2) is 0 Å². The molecule has 1 aliphatic rings. The molecule has 5 nitrogen and oxygen atoms in total. The van der Waals surface area contributed by atoms with Gasteiger partial charge in [0.05, 0.1) is 5.60 Å². The first kappa shape index (κ1) is 13.8. The van der Waals surface area contributed by atoms with E-state index in [1.807, 2.05) is 12.1 Å². The van der Waals surface area contributed by atoms with Crippen molar-refractivity contribution < 1.29 is 9.90 Å². The SMILES string of the molecule is CC1(O)CCN(C(=O)c2cc3ccccc3c(=O)[nH]2)CC1. The summed E-state index contributed by atoms with van der Waals surface area (Å²) in [5.74, 6) is -0.187. The number of fused-ring (bicyclic) bond motifs is 1. The summed E-state index contributed by atoms with van der Waals surface area (Å²) in [7, 11) is 0. The molecule has 0 spiro atoms. The van der Waals surface area contributed by atoms with Gasteiger partial charge < -0.3 is 15.0 Å². The highest BCUT2D eigenvalue weighted by molar-refractivity contribution is 5.96. The third kappa shape index (κ3) is 2.69. The number of piperidine rings is 1. The molecule has 0 atom stereocenters. The number of aromatic nitrogens is 1. The quantitative estimate of drug-likeness (QED) is 0.834. The topological polar surface area (TPSA) is 73.4 Å². The van der Waals surface area contributed by atoms with Gasteiger partial charge in [-0.15, -0.1) is 0 Å². The molecular weight excluding hydrogens is 268 g/mol. The Morgan fingerprint density at radius 1 is 1.29 bits per heavy atom. The molecule has 110 valence electrons. The van der Waals surface area contributed by atoms with Crippen molar-refractivity contribution in [1.82, 2.24) is 9.88 Å². The molecule has 5 heteroatoms. The maximum atomic E-state index is 12.5. The van der Waals surface area contributed by atoms with E-state index in [-0.39, 0.29) is 11.5 Å². The third-order valence-corrected chi connectivity index (χ3v) is 4.11. The van der Waals surface area contributed by atoms with Crippen molar-refractivity contribution in [2.45, 2.75) is 25.4 Å². The molecule has 3 rings (SSSR count). The van der Waals surface area contributed by atoms with Gasteiger partial charge in [-0.25, -0.2) is 0 Å². The predicted octanol–water partition coefficient (Wildman–Crippen LogP) is 1.52. The molecule has 1 aliphatic heterocycles. The lowest BCUT2D eigenvalue weighted by Gasteiger charge is -2.35. The van der Waals surface area contributed by atoms with Crippen molar-refractivity contribution in [3.63, 3.8) is 0 Å². The van der Waals surface area contributed by atoms with E-state index in [2.05, 4.69) is 4.98 Å². The van der Waals surface area contributed by atoms with Crippen LogP contribution in [0.25, 0.3) is 10.8 Å². The Bertz CT molecular complexity index is 739. The second kappa shape index (κ2) is 5.00. The van der Waals surface area contributed by atoms with Gasteiger partial charge in [-0.05, 0) is 37.3 Å². The minimum absolute atomic E-state index is 0.187. The van der Waals surface area contributed by atoms with Gasteiger partial charge in [0.1, 0.15) is 5.69 Å². The first-order valence-corrected chi connectivity index (χ1v) is 7.10. The average Bonchev–Trinajstić information content (AvgIpc) is 2.46. The number of pyridine rings is 1. The fourth-order valence-corrected chi connectivity index (χ4v) is 2.69. The number of likely N-dealkylation sites (tertiary alicyclic amines) is 1. The van der Waals surface area contributed by atoms with Crippen molar-refractivity contribution in [3.8, 4) is 0 Å². The first-order valence-electron chi connectivity index (χ1n) is 7.10. The van der Waals surface area contributed by atoms with Crippen molar-refractivity contribution in [2.75, 3.05) is 13.1 Å². The van der Waals surface area contributed by atoms with Gasteiger partial charge in [0.25, 0.3) is 11.5 Å². The van der Waals surface area contributed by atoms with Gasteiger partial charge in [-0.3, -0.25) is 9.59 Å². The van der Waals surface area contributed by atoms with Crippen molar-refractivity contribution in [1.29, 1.82) is 0 Å². The summed E-state index contributed by atoms with van der Waals surface area (Å²) in [5, 5.41) is 11.3. The number of nitrogens with one attached hydrogen (secondary N) is 1. The van der Waals surface area contributed by atoms with Gasteiger partial charge in [0, 0.05) is 18.5 Å². The van der Waals surface area contributed by atoms with Gasteiger partial charge in [-0.1, -0.05) is 18.2 Å². The summed E-state index contributed by atoms with van der Waals surface area (Å²) in [6, 6.07) is 8.91. The number of aromatic amines is 1. The number of amides is 1. The monoisotopic (exact) mass is 286 g/mol. The van der Waals surface area contributed by atoms with Crippen LogP contribution in [-0.4, -0.2) is 39.6 Å². The Hall–Kier alpha value is -2.14. The number of H-pyrrole nitrogens is 1. The van der Waals surface area contributed by atoms with E-state index in [0.29, 0.717) is 37.0 Å². The second-order valence-corrected chi connectivity index (χ2v) is 5.89. The summed E-state index contributed by atoms with van der Waals surface area (Å²) < 4.78 is 0. The highest BCUT2D eigenvalue weighted by atomic mass is 16.3. The van der Waals surface area contributed by atoms with E-state index in [1.165, 1.54) is 0 Å². The molecule has 2 N–H and O–H groups in total. The van der Waals surface area contributed by atoms with Crippen LogP contribution in [0.2, 0.25) is 0 Å². The molecule has 0 radical (unpaired) electrons. The predicted molar refractivity (Wildman–Crippen MR) is 80.3 cm³/mol. The van der Waals surface area contributed by atoms with E-state index in [0.717, 1.165) is 5.39 Å². The van der Waals surface area contributed by atoms with Crippen LogP contribution in [0.3, 0.4) is 0 Å². The molecule has 1 fully saturated rings. The van der Waals surface area contributed by atoms with E-state index in [4.69, 9.17) is 0 Å². The molecule has 0 aliphatic carbocycles. The van der Waals surface area contributed by atoms with E-state index < -0.39 is 5.60 Å². The van der Waals surface area contributed by atoms with Gasteiger partial charge >= 0.3 is 0 Å². The number of carbonyl (C=O) groups is 1. The van der Waals surface area contributed by atoms with E-state index >= 15 is 0 Å². The number of benzene rings is 1. The molecule has 1 aromatic heterocycles. The van der Waals surface area contributed by atoms with E-state index in [9.17, 15) is 14.7 Å². The number of nitrogens with zero attached hydrogens (tertiary/aromatic N) is 1. The number of carbonyl (C=O) groups excluding carboxylic acids is 1. The Balaban J connectivity index is 1.90. The summed E-state index contributed by atoms with van der Waals surface area (Å²) >= 11 is 0. The Kier molecular flexibility index (Phi) is 3.29. The van der Waals surface area contributed by atoms with Crippen LogP contribution in [0.5, 0.6) is 0 Å². The lowest BCUT2D eigenvalue weighted by atomic mass is 9.93. The normalized spacial score (nSPS) is 17.9. The number of hydrogen-bond donors (Lipinski definition) is 2. The largest absolute Gasteiger partial charge is 0.390 e. The molecule has 0 saturated carbocycles. The lowest BCUT2D eigenvalue weighted by molar-refractivity contribution is -0.00219. The molecular formula is C16H18N2O3. The molecule has 0 unspecified atom stereocenters. The first-order chi connectivity index (χ1) is 9.96.